The zero-order valence-electron chi connectivity index (χ0n) is 11.0. The monoisotopic (exact) mass is 274 g/mol. The molecule has 3 heterocycles. The van der Waals surface area contributed by atoms with Gasteiger partial charge in [-0.3, -0.25) is 4.79 Å². The summed E-state index contributed by atoms with van der Waals surface area (Å²) in [5.41, 5.74) is 2.78. The molecule has 0 aromatic carbocycles. The molecule has 0 saturated heterocycles. The minimum atomic E-state index is -0.170. The van der Waals surface area contributed by atoms with Crippen molar-refractivity contribution in [1.29, 1.82) is 0 Å². The lowest BCUT2D eigenvalue weighted by Gasteiger charge is -2.27. The number of nitrogens with one attached hydrogen (secondary N) is 1. The number of nitrogens with zero attached hydrogens (tertiary/aromatic N) is 3. The molecular weight excluding hydrogens is 260 g/mol. The maximum atomic E-state index is 12.0. The second kappa shape index (κ2) is 4.31. The first kappa shape index (κ1) is 12.1. The van der Waals surface area contributed by atoms with Crippen molar-refractivity contribution in [1.82, 2.24) is 14.8 Å². The molecule has 1 N–H and O–H groups in total. The number of rotatable bonds is 2. The van der Waals surface area contributed by atoms with Gasteiger partial charge in [0.1, 0.15) is 12.4 Å². The Bertz CT molecular complexity index is 682. The summed E-state index contributed by atoms with van der Waals surface area (Å²) in [5, 5.41) is 9.44. The SMILES string of the molecule is CC(=O)C1=C(C)Nc2ncnn2C1c1sccc1C. The van der Waals surface area contributed by atoms with Gasteiger partial charge in [0.05, 0.1) is 0 Å². The molecule has 5 nitrogen and oxygen atoms in total. The van der Waals surface area contributed by atoms with Crippen LogP contribution in [0.5, 0.6) is 0 Å². The second-order valence-corrected chi connectivity index (χ2v) is 5.57. The van der Waals surface area contributed by atoms with Crippen molar-refractivity contribution in [2.75, 3.05) is 5.32 Å². The molecule has 1 aliphatic rings. The molecule has 0 bridgehead atoms. The lowest BCUT2D eigenvalue weighted by molar-refractivity contribution is -0.114. The van der Waals surface area contributed by atoms with Gasteiger partial charge in [-0.15, -0.1) is 11.3 Å². The Labute approximate surface area is 115 Å². The minimum Gasteiger partial charge on any atom is -0.328 e. The summed E-state index contributed by atoms with van der Waals surface area (Å²) in [6, 6.07) is 1.89. The van der Waals surface area contributed by atoms with Crippen molar-refractivity contribution in [3.8, 4) is 0 Å². The third kappa shape index (κ3) is 1.79. The Morgan fingerprint density at radius 1 is 1.47 bits per heavy atom. The van der Waals surface area contributed by atoms with E-state index in [-0.39, 0.29) is 11.8 Å². The topological polar surface area (TPSA) is 59.8 Å². The first-order valence-electron chi connectivity index (χ1n) is 6.02. The highest BCUT2D eigenvalue weighted by molar-refractivity contribution is 7.10. The standard InChI is InChI=1S/C13H14N4OS/c1-7-4-5-19-12(7)11-10(9(3)18)8(2)16-13-14-6-15-17(11)13/h4-6,11H,1-3H3,(H,14,15,16). The van der Waals surface area contributed by atoms with E-state index in [1.807, 2.05) is 12.3 Å². The highest BCUT2D eigenvalue weighted by atomic mass is 32.1. The van der Waals surface area contributed by atoms with Crippen LogP contribution in [0.3, 0.4) is 0 Å². The van der Waals surface area contributed by atoms with Crippen molar-refractivity contribution in [2.45, 2.75) is 26.8 Å². The largest absolute Gasteiger partial charge is 0.328 e. The van der Waals surface area contributed by atoms with Gasteiger partial charge in [-0.1, -0.05) is 0 Å². The lowest BCUT2D eigenvalue weighted by atomic mass is 9.97. The molecule has 0 radical (unpaired) electrons. The number of allylic oxidation sites excluding steroid dienone is 2. The van der Waals surface area contributed by atoms with E-state index in [1.165, 1.54) is 11.9 Å². The van der Waals surface area contributed by atoms with Gasteiger partial charge in [-0.25, -0.2) is 4.68 Å². The van der Waals surface area contributed by atoms with Crippen molar-refractivity contribution in [3.05, 3.63) is 39.5 Å². The van der Waals surface area contributed by atoms with E-state index in [1.54, 1.807) is 22.9 Å². The summed E-state index contributed by atoms with van der Waals surface area (Å²) >= 11 is 1.64. The second-order valence-electron chi connectivity index (χ2n) is 4.62. The average molecular weight is 274 g/mol. The molecule has 0 fully saturated rings. The molecule has 1 aliphatic heterocycles. The zero-order valence-corrected chi connectivity index (χ0v) is 11.8. The van der Waals surface area contributed by atoms with E-state index in [2.05, 4.69) is 28.4 Å². The van der Waals surface area contributed by atoms with E-state index in [0.717, 1.165) is 16.1 Å². The molecule has 0 spiro atoms. The van der Waals surface area contributed by atoms with Crippen LogP contribution < -0.4 is 5.32 Å². The predicted octanol–water partition coefficient (Wildman–Crippen LogP) is 2.53. The normalized spacial score (nSPS) is 18.2. The maximum Gasteiger partial charge on any atom is 0.226 e. The Balaban J connectivity index is 2.24. The third-order valence-electron chi connectivity index (χ3n) is 3.32. The van der Waals surface area contributed by atoms with Gasteiger partial charge in [0.2, 0.25) is 5.95 Å². The number of hydrogen-bond acceptors (Lipinski definition) is 5. The highest BCUT2D eigenvalue weighted by Crippen LogP contribution is 2.38. The molecule has 0 amide bonds. The molecular formula is C13H14N4OS. The quantitative estimate of drug-likeness (QED) is 0.914. The molecule has 0 aliphatic carbocycles. The molecule has 1 unspecified atom stereocenters. The number of Topliss-reactive ketones (excluding diaryl/α,β-unsaturated/α-hetero) is 1. The van der Waals surface area contributed by atoms with Crippen molar-refractivity contribution in [3.63, 3.8) is 0 Å². The molecule has 2 aromatic rings. The van der Waals surface area contributed by atoms with E-state index in [0.29, 0.717) is 5.95 Å². The first-order valence-corrected chi connectivity index (χ1v) is 6.89. The number of aromatic nitrogens is 3. The summed E-state index contributed by atoms with van der Waals surface area (Å²) in [4.78, 5) is 17.3. The summed E-state index contributed by atoms with van der Waals surface area (Å²) < 4.78 is 1.78. The molecule has 6 heteroatoms. The average Bonchev–Trinajstić information content (AvgIpc) is 2.95. The minimum absolute atomic E-state index is 0.0592. The van der Waals surface area contributed by atoms with Gasteiger partial charge in [0.15, 0.2) is 5.78 Å². The van der Waals surface area contributed by atoms with Crippen LogP contribution in [0.25, 0.3) is 0 Å². The van der Waals surface area contributed by atoms with Gasteiger partial charge in [-0.2, -0.15) is 10.1 Å². The van der Waals surface area contributed by atoms with E-state index >= 15 is 0 Å². The Morgan fingerprint density at radius 2 is 2.26 bits per heavy atom. The van der Waals surface area contributed by atoms with E-state index < -0.39 is 0 Å². The summed E-state index contributed by atoms with van der Waals surface area (Å²) in [6.07, 6.45) is 1.51. The van der Waals surface area contributed by atoms with Gasteiger partial charge in [-0.05, 0) is 37.8 Å². The molecule has 2 aromatic heterocycles. The van der Waals surface area contributed by atoms with Crippen LogP contribution in [0.1, 0.15) is 30.3 Å². The fraction of sp³-hybridized carbons (Fsp3) is 0.308. The van der Waals surface area contributed by atoms with Crippen molar-refractivity contribution >= 4 is 23.1 Å². The third-order valence-corrected chi connectivity index (χ3v) is 4.40. The van der Waals surface area contributed by atoms with Crippen LogP contribution >= 0.6 is 11.3 Å². The highest BCUT2D eigenvalue weighted by Gasteiger charge is 2.32. The number of carbonyl (C=O) groups is 1. The van der Waals surface area contributed by atoms with Gasteiger partial charge in [0.25, 0.3) is 0 Å². The summed E-state index contributed by atoms with van der Waals surface area (Å²) in [7, 11) is 0. The number of fused-ring (bicyclic) bond motifs is 1. The van der Waals surface area contributed by atoms with Crippen molar-refractivity contribution < 1.29 is 4.79 Å². The lowest BCUT2D eigenvalue weighted by Crippen LogP contribution is -2.27. The van der Waals surface area contributed by atoms with Crippen LogP contribution in [-0.4, -0.2) is 20.5 Å². The molecule has 0 saturated carbocycles. The predicted molar refractivity (Wildman–Crippen MR) is 74.2 cm³/mol. The maximum absolute atomic E-state index is 12.0. The van der Waals surface area contributed by atoms with Crippen LogP contribution in [-0.2, 0) is 4.79 Å². The molecule has 3 rings (SSSR count). The Morgan fingerprint density at radius 3 is 2.89 bits per heavy atom. The number of thiophene rings is 1. The number of anilines is 1. The number of hydrogen-bond donors (Lipinski definition) is 1. The summed E-state index contributed by atoms with van der Waals surface area (Å²) in [5.74, 6) is 0.740. The van der Waals surface area contributed by atoms with Crippen molar-refractivity contribution in [2.24, 2.45) is 0 Å². The molecule has 19 heavy (non-hydrogen) atoms. The first-order chi connectivity index (χ1) is 9.09. The van der Waals surface area contributed by atoms with Gasteiger partial charge >= 0.3 is 0 Å². The number of carbonyl (C=O) groups excluding carboxylic acids is 1. The summed E-state index contributed by atoms with van der Waals surface area (Å²) in [6.45, 7) is 5.56. The van der Waals surface area contributed by atoms with E-state index in [4.69, 9.17) is 0 Å². The van der Waals surface area contributed by atoms with Crippen LogP contribution in [0, 0.1) is 6.92 Å². The smallest absolute Gasteiger partial charge is 0.226 e. The molecule has 1 atom stereocenters. The van der Waals surface area contributed by atoms with E-state index in [9.17, 15) is 4.79 Å². The fourth-order valence-corrected chi connectivity index (χ4v) is 3.47. The van der Waals surface area contributed by atoms with Crippen LogP contribution in [0.15, 0.2) is 29.0 Å². The Hall–Kier alpha value is -1.95. The number of ketones is 1. The molecule has 98 valence electrons. The van der Waals surface area contributed by atoms with Gasteiger partial charge < -0.3 is 5.32 Å². The van der Waals surface area contributed by atoms with Gasteiger partial charge in [0, 0.05) is 16.1 Å². The van der Waals surface area contributed by atoms with Crippen LogP contribution in [0.4, 0.5) is 5.95 Å². The Kier molecular flexibility index (Phi) is 2.74. The number of aryl methyl sites for hydroxylation is 1. The zero-order chi connectivity index (χ0) is 13.6. The fourth-order valence-electron chi connectivity index (χ4n) is 2.45. The van der Waals surface area contributed by atoms with Crippen LogP contribution in [0.2, 0.25) is 0 Å².